The first-order valence-corrected chi connectivity index (χ1v) is 3.76. The lowest BCUT2D eigenvalue weighted by Crippen LogP contribution is -2.05. The van der Waals surface area contributed by atoms with E-state index < -0.39 is 7.12 Å². The zero-order valence-electron chi connectivity index (χ0n) is 7.21. The Morgan fingerprint density at radius 3 is 2.85 bits per heavy atom. The van der Waals surface area contributed by atoms with Gasteiger partial charge >= 0.3 is 7.12 Å². The van der Waals surface area contributed by atoms with Crippen molar-refractivity contribution in [2.24, 2.45) is 0 Å². The monoisotopic (exact) mass is 179 g/mol. The third-order valence-electron chi connectivity index (χ3n) is 1.43. The minimum atomic E-state index is -1.44. The maximum atomic E-state index is 8.56. The quantitative estimate of drug-likeness (QED) is 0.646. The topological polar surface area (TPSA) is 62.6 Å². The van der Waals surface area contributed by atoms with E-state index in [0.717, 1.165) is 5.56 Å². The van der Waals surface area contributed by atoms with Gasteiger partial charge < -0.3 is 14.8 Å². The molecule has 0 aliphatic rings. The predicted molar refractivity (Wildman–Crippen MR) is 50.0 cm³/mol. The molecule has 0 fully saturated rings. The van der Waals surface area contributed by atoms with Crippen LogP contribution < -0.4 is 4.74 Å². The molecule has 0 atom stereocenters. The van der Waals surface area contributed by atoms with Crippen LogP contribution in [0.1, 0.15) is 5.56 Å². The molecule has 0 aliphatic carbocycles. The molecular formula is C8H10BNO3. The molecule has 0 unspecified atom stereocenters. The summed E-state index contributed by atoms with van der Waals surface area (Å²) in [6.07, 6.45) is 4.73. The van der Waals surface area contributed by atoms with E-state index in [1.807, 2.05) is 0 Å². The van der Waals surface area contributed by atoms with Gasteiger partial charge in [-0.25, -0.2) is 0 Å². The van der Waals surface area contributed by atoms with Crippen LogP contribution in [0.5, 0.6) is 5.75 Å². The minimum absolute atomic E-state index is 0.634. The normalized spacial score (nSPS) is 10.4. The van der Waals surface area contributed by atoms with Crippen molar-refractivity contribution in [3.05, 3.63) is 30.0 Å². The summed E-state index contributed by atoms with van der Waals surface area (Å²) in [6.45, 7) is 0. The second-order valence-electron chi connectivity index (χ2n) is 2.43. The average Bonchev–Trinajstić information content (AvgIpc) is 2.15. The fourth-order valence-electron chi connectivity index (χ4n) is 0.836. The molecule has 1 rings (SSSR count). The third-order valence-corrected chi connectivity index (χ3v) is 1.43. The number of pyridine rings is 1. The largest absolute Gasteiger partial charge is 0.495 e. The van der Waals surface area contributed by atoms with Crippen LogP contribution in [0.25, 0.3) is 6.08 Å². The molecule has 5 heteroatoms. The highest BCUT2D eigenvalue weighted by atomic mass is 16.5. The van der Waals surface area contributed by atoms with Crippen molar-refractivity contribution in [3.8, 4) is 5.75 Å². The van der Waals surface area contributed by atoms with E-state index in [4.69, 9.17) is 14.8 Å². The molecule has 0 aliphatic heterocycles. The summed E-state index contributed by atoms with van der Waals surface area (Å²) in [7, 11) is 0.108. The number of ether oxygens (including phenoxy) is 1. The van der Waals surface area contributed by atoms with E-state index in [9.17, 15) is 0 Å². The molecule has 0 spiro atoms. The number of nitrogens with zero attached hydrogens (tertiary/aromatic N) is 1. The van der Waals surface area contributed by atoms with E-state index in [1.54, 1.807) is 31.6 Å². The van der Waals surface area contributed by atoms with Crippen LogP contribution in [0.2, 0.25) is 0 Å². The number of aromatic nitrogens is 1. The second-order valence-corrected chi connectivity index (χ2v) is 2.43. The highest BCUT2D eigenvalue weighted by Crippen LogP contribution is 2.11. The van der Waals surface area contributed by atoms with Gasteiger partial charge in [0.15, 0.2) is 0 Å². The Morgan fingerprint density at radius 1 is 1.46 bits per heavy atom. The van der Waals surface area contributed by atoms with Gasteiger partial charge in [-0.3, -0.25) is 4.98 Å². The minimum Gasteiger partial charge on any atom is -0.495 e. The van der Waals surface area contributed by atoms with Gasteiger partial charge in [-0.15, -0.1) is 0 Å². The van der Waals surface area contributed by atoms with E-state index in [2.05, 4.69) is 4.98 Å². The van der Waals surface area contributed by atoms with Gasteiger partial charge in [0, 0.05) is 6.20 Å². The van der Waals surface area contributed by atoms with Crippen LogP contribution in [-0.4, -0.2) is 29.3 Å². The lowest BCUT2D eigenvalue weighted by molar-refractivity contribution is 0.412. The number of rotatable bonds is 3. The SMILES string of the molecule is COc1cncc(/C=C/B(O)O)c1. The Bertz CT molecular complexity index is 301. The third kappa shape index (κ3) is 3.27. The Kier molecular flexibility index (Phi) is 3.48. The highest BCUT2D eigenvalue weighted by molar-refractivity contribution is 6.48. The summed E-state index contributed by atoms with van der Waals surface area (Å²) in [5.41, 5.74) is 0.757. The van der Waals surface area contributed by atoms with Crippen LogP contribution in [0.3, 0.4) is 0 Å². The molecule has 0 aromatic carbocycles. The Hall–Kier alpha value is -1.33. The molecule has 0 bridgehead atoms. The first-order chi connectivity index (χ1) is 6.22. The Morgan fingerprint density at radius 2 is 2.23 bits per heavy atom. The smallest absolute Gasteiger partial charge is 0.480 e. The lowest BCUT2D eigenvalue weighted by Gasteiger charge is -1.98. The fraction of sp³-hybridized carbons (Fsp3) is 0.125. The van der Waals surface area contributed by atoms with Crippen molar-refractivity contribution in [2.75, 3.05) is 7.11 Å². The molecule has 13 heavy (non-hydrogen) atoms. The zero-order chi connectivity index (χ0) is 9.68. The van der Waals surface area contributed by atoms with Gasteiger partial charge in [-0.05, 0) is 11.6 Å². The van der Waals surface area contributed by atoms with Gasteiger partial charge in [-0.1, -0.05) is 12.1 Å². The summed E-state index contributed by atoms with van der Waals surface area (Å²) in [5, 5.41) is 17.1. The van der Waals surface area contributed by atoms with Crippen molar-refractivity contribution in [2.45, 2.75) is 0 Å². The lowest BCUT2D eigenvalue weighted by atomic mass is 9.91. The summed E-state index contributed by atoms with van der Waals surface area (Å²) < 4.78 is 4.94. The highest BCUT2D eigenvalue weighted by Gasteiger charge is 1.98. The van der Waals surface area contributed by atoms with Crippen molar-refractivity contribution in [1.82, 2.24) is 4.98 Å². The summed E-state index contributed by atoms with van der Waals surface area (Å²) in [4.78, 5) is 3.89. The van der Waals surface area contributed by atoms with Gasteiger partial charge in [0.2, 0.25) is 0 Å². The molecule has 1 heterocycles. The van der Waals surface area contributed by atoms with Crippen molar-refractivity contribution < 1.29 is 14.8 Å². The number of hydrogen-bond donors (Lipinski definition) is 2. The molecule has 0 saturated heterocycles. The van der Waals surface area contributed by atoms with Crippen LogP contribution in [0.15, 0.2) is 24.4 Å². The van der Waals surface area contributed by atoms with Gasteiger partial charge in [0.05, 0.1) is 13.3 Å². The molecule has 2 N–H and O–H groups in total. The van der Waals surface area contributed by atoms with E-state index in [-0.39, 0.29) is 0 Å². The van der Waals surface area contributed by atoms with Gasteiger partial charge in [-0.2, -0.15) is 0 Å². The molecular weight excluding hydrogens is 169 g/mol. The van der Waals surface area contributed by atoms with Crippen molar-refractivity contribution >= 4 is 13.2 Å². The van der Waals surface area contributed by atoms with E-state index in [1.165, 1.54) is 5.98 Å². The van der Waals surface area contributed by atoms with Gasteiger partial charge in [0.25, 0.3) is 0 Å². The summed E-state index contributed by atoms with van der Waals surface area (Å²) in [5.74, 6) is 1.88. The molecule has 1 aromatic heterocycles. The second kappa shape index (κ2) is 4.64. The van der Waals surface area contributed by atoms with Crippen LogP contribution in [0.4, 0.5) is 0 Å². The molecule has 1 aromatic rings. The molecule has 68 valence electrons. The maximum absolute atomic E-state index is 8.56. The summed E-state index contributed by atoms with van der Waals surface area (Å²) in [6, 6.07) is 1.74. The summed E-state index contributed by atoms with van der Waals surface area (Å²) >= 11 is 0. The standard InChI is InChI=1S/C8H10BNO3/c1-13-8-4-7(5-10-6-8)2-3-9(11)12/h2-6,11-12H,1H3/b3-2+. The van der Waals surface area contributed by atoms with Crippen LogP contribution >= 0.6 is 0 Å². The Labute approximate surface area is 76.7 Å². The maximum Gasteiger partial charge on any atom is 0.480 e. The molecule has 0 radical (unpaired) electrons. The average molecular weight is 179 g/mol. The van der Waals surface area contributed by atoms with Gasteiger partial charge in [0.1, 0.15) is 5.75 Å². The fourth-order valence-corrected chi connectivity index (χ4v) is 0.836. The van der Waals surface area contributed by atoms with Crippen molar-refractivity contribution in [3.63, 3.8) is 0 Å². The number of methoxy groups -OCH3 is 1. The van der Waals surface area contributed by atoms with E-state index in [0.29, 0.717) is 5.75 Å². The Balaban J connectivity index is 2.77. The van der Waals surface area contributed by atoms with Crippen LogP contribution in [-0.2, 0) is 0 Å². The molecule has 0 amide bonds. The molecule has 0 saturated carbocycles. The number of hydrogen-bond acceptors (Lipinski definition) is 4. The van der Waals surface area contributed by atoms with Crippen LogP contribution in [0, 0.1) is 0 Å². The zero-order valence-corrected chi connectivity index (χ0v) is 7.21. The van der Waals surface area contributed by atoms with E-state index >= 15 is 0 Å². The predicted octanol–water partition coefficient (Wildman–Crippen LogP) is 0.115. The first kappa shape index (κ1) is 9.76. The first-order valence-electron chi connectivity index (χ1n) is 3.76. The molecule has 4 nitrogen and oxygen atoms in total. The van der Waals surface area contributed by atoms with Crippen molar-refractivity contribution in [1.29, 1.82) is 0 Å².